The fourth-order valence-corrected chi connectivity index (χ4v) is 3.67. The van der Waals surface area contributed by atoms with Gasteiger partial charge in [0.1, 0.15) is 11.5 Å². The lowest BCUT2D eigenvalue weighted by Gasteiger charge is -2.20. The van der Waals surface area contributed by atoms with Crippen LogP contribution >= 0.6 is 35.4 Å². The van der Waals surface area contributed by atoms with Gasteiger partial charge in [-0.15, -0.1) is 0 Å². The highest BCUT2D eigenvalue weighted by molar-refractivity contribution is 7.80. The van der Waals surface area contributed by atoms with Crippen LogP contribution in [0.4, 0.5) is 10.1 Å². The van der Waals surface area contributed by atoms with E-state index in [2.05, 4.69) is 15.5 Å². The van der Waals surface area contributed by atoms with Crippen LogP contribution < -0.4 is 5.32 Å². The number of hydrogen-bond acceptors (Lipinski definition) is 3. The molecule has 0 atom stereocenters. The summed E-state index contributed by atoms with van der Waals surface area (Å²) in [6, 6.07) is 4.64. The molecule has 2 heterocycles. The summed E-state index contributed by atoms with van der Waals surface area (Å²) < 4.78 is 17.7. The van der Waals surface area contributed by atoms with Crippen LogP contribution in [0.5, 0.6) is 0 Å². The molecule has 3 aromatic rings. The third kappa shape index (κ3) is 4.77. The van der Waals surface area contributed by atoms with Crippen molar-refractivity contribution in [1.82, 2.24) is 24.5 Å². The molecule has 0 saturated carbocycles. The number of aromatic nitrogens is 4. The van der Waals surface area contributed by atoms with Crippen LogP contribution in [-0.2, 0) is 19.6 Å². The Hall–Kier alpha value is -2.16. The third-order valence-electron chi connectivity index (χ3n) is 4.83. The molecule has 30 heavy (non-hydrogen) atoms. The van der Waals surface area contributed by atoms with Crippen LogP contribution in [0.15, 0.2) is 24.4 Å². The van der Waals surface area contributed by atoms with Crippen molar-refractivity contribution in [1.29, 1.82) is 0 Å². The van der Waals surface area contributed by atoms with Gasteiger partial charge in [-0.25, -0.2) is 4.39 Å². The van der Waals surface area contributed by atoms with Crippen molar-refractivity contribution >= 4 is 46.2 Å². The molecule has 6 nitrogen and oxygen atoms in total. The Morgan fingerprint density at radius 3 is 2.60 bits per heavy atom. The minimum Gasteiger partial charge on any atom is -0.346 e. The van der Waals surface area contributed by atoms with Crippen molar-refractivity contribution < 1.29 is 4.39 Å². The molecule has 1 aromatic carbocycles. The molecule has 1 N–H and O–H groups in total. The highest BCUT2D eigenvalue weighted by Gasteiger charge is 2.18. The summed E-state index contributed by atoms with van der Waals surface area (Å²) >= 11 is 18.0. The maximum atomic E-state index is 14.2. The van der Waals surface area contributed by atoms with Gasteiger partial charge in [-0.3, -0.25) is 9.36 Å². The van der Waals surface area contributed by atoms with Crippen molar-refractivity contribution in [2.24, 2.45) is 0 Å². The lowest BCUT2D eigenvalue weighted by atomic mass is 10.2. The van der Waals surface area contributed by atoms with Gasteiger partial charge in [0.15, 0.2) is 5.11 Å². The van der Waals surface area contributed by atoms with E-state index in [1.54, 1.807) is 27.7 Å². The van der Waals surface area contributed by atoms with Gasteiger partial charge >= 0.3 is 0 Å². The summed E-state index contributed by atoms with van der Waals surface area (Å²) in [5, 5.41) is 13.7. The Morgan fingerprint density at radius 2 is 1.97 bits per heavy atom. The predicted octanol–water partition coefficient (Wildman–Crippen LogP) is 5.04. The van der Waals surface area contributed by atoms with Crippen LogP contribution in [0.3, 0.4) is 0 Å². The maximum Gasteiger partial charge on any atom is 0.173 e. The molecule has 0 radical (unpaired) electrons. The Kier molecular flexibility index (Phi) is 7.00. The fourth-order valence-electron chi connectivity index (χ4n) is 3.07. The molecule has 10 heteroatoms. The molecule has 0 bridgehead atoms. The second kappa shape index (κ2) is 9.32. The third-order valence-corrected chi connectivity index (χ3v) is 5.91. The van der Waals surface area contributed by atoms with Gasteiger partial charge in [0.2, 0.25) is 0 Å². The highest BCUT2D eigenvalue weighted by atomic mass is 35.5. The van der Waals surface area contributed by atoms with Crippen molar-refractivity contribution in [3.05, 3.63) is 62.9 Å². The van der Waals surface area contributed by atoms with Gasteiger partial charge in [0, 0.05) is 30.4 Å². The number of aryl methyl sites for hydroxylation is 2. The number of benzene rings is 1. The second-order valence-electron chi connectivity index (χ2n) is 6.97. The molecular formula is C20H23Cl2FN6S. The van der Waals surface area contributed by atoms with Crippen molar-refractivity contribution in [3.63, 3.8) is 0 Å². The Bertz CT molecular complexity index is 1060. The molecule has 160 valence electrons. The zero-order valence-corrected chi connectivity index (χ0v) is 19.5. The first-order valence-electron chi connectivity index (χ1n) is 9.42. The van der Waals surface area contributed by atoms with E-state index in [1.807, 2.05) is 32.7 Å². The smallest absolute Gasteiger partial charge is 0.173 e. The van der Waals surface area contributed by atoms with E-state index in [0.29, 0.717) is 27.3 Å². The Labute approximate surface area is 190 Å². The molecule has 0 unspecified atom stereocenters. The predicted molar refractivity (Wildman–Crippen MR) is 123 cm³/mol. The number of nitrogens with one attached hydrogen (secondary N) is 1. The van der Waals surface area contributed by atoms with Gasteiger partial charge in [0.05, 0.1) is 35.2 Å². The first-order valence-corrected chi connectivity index (χ1v) is 10.6. The Balaban J connectivity index is 1.75. The molecule has 0 aliphatic carbocycles. The normalized spacial score (nSPS) is 11.0. The molecule has 0 fully saturated rings. The van der Waals surface area contributed by atoms with Gasteiger partial charge in [-0.1, -0.05) is 29.3 Å². The Morgan fingerprint density at radius 1 is 1.23 bits per heavy atom. The minimum atomic E-state index is -0.358. The van der Waals surface area contributed by atoms with Gasteiger partial charge in [0.25, 0.3) is 0 Å². The topological polar surface area (TPSA) is 50.9 Å². The summed E-state index contributed by atoms with van der Waals surface area (Å²) in [5.41, 5.74) is 3.52. The summed E-state index contributed by atoms with van der Waals surface area (Å²) in [6.45, 7) is 7.22. The second-order valence-corrected chi connectivity index (χ2v) is 8.17. The van der Waals surface area contributed by atoms with Gasteiger partial charge < -0.3 is 10.2 Å². The number of halogens is 3. The monoisotopic (exact) mass is 468 g/mol. The molecule has 0 aliphatic rings. The van der Waals surface area contributed by atoms with Crippen molar-refractivity contribution in [3.8, 4) is 0 Å². The molecule has 0 saturated heterocycles. The zero-order valence-electron chi connectivity index (χ0n) is 17.2. The standard InChI is InChI=1S/C20H23Cl2FN6S/c1-5-28-10-16(22)18(26-28)11-27(4)20(30)24-19-12(2)25-29(13(19)3)9-14-15(21)7-6-8-17(14)23/h6-8,10H,5,9,11H2,1-4H3,(H,24,30). The van der Waals surface area contributed by atoms with Crippen molar-refractivity contribution in [2.75, 3.05) is 12.4 Å². The fraction of sp³-hybridized carbons (Fsp3) is 0.350. The van der Waals surface area contributed by atoms with Crippen LogP contribution in [0.25, 0.3) is 0 Å². The summed E-state index contributed by atoms with van der Waals surface area (Å²) in [4.78, 5) is 1.85. The van der Waals surface area contributed by atoms with E-state index in [4.69, 9.17) is 35.4 Å². The van der Waals surface area contributed by atoms with Crippen molar-refractivity contribution in [2.45, 2.75) is 40.4 Å². The van der Waals surface area contributed by atoms with Crippen LogP contribution in [0, 0.1) is 19.7 Å². The molecule has 2 aromatic heterocycles. The van der Waals surface area contributed by atoms with Crippen LogP contribution in [0.1, 0.15) is 29.6 Å². The molecule has 0 aliphatic heterocycles. The van der Waals surface area contributed by atoms with Crippen LogP contribution in [0.2, 0.25) is 10.0 Å². The first kappa shape index (κ1) is 22.5. The van der Waals surface area contributed by atoms with E-state index >= 15 is 0 Å². The number of hydrogen-bond donors (Lipinski definition) is 1. The molecule has 3 rings (SSSR count). The van der Waals surface area contributed by atoms with E-state index < -0.39 is 0 Å². The van der Waals surface area contributed by atoms with E-state index in [9.17, 15) is 4.39 Å². The number of anilines is 1. The average molecular weight is 469 g/mol. The van der Waals surface area contributed by atoms with E-state index in [0.717, 1.165) is 29.3 Å². The molecule has 0 spiro atoms. The summed E-state index contributed by atoms with van der Waals surface area (Å²) in [5.74, 6) is -0.358. The maximum absolute atomic E-state index is 14.2. The van der Waals surface area contributed by atoms with Gasteiger partial charge in [-0.05, 0) is 45.1 Å². The lowest BCUT2D eigenvalue weighted by molar-refractivity contribution is 0.492. The largest absolute Gasteiger partial charge is 0.346 e. The summed E-state index contributed by atoms with van der Waals surface area (Å²) in [6.07, 6.45) is 1.80. The van der Waals surface area contributed by atoms with Gasteiger partial charge in [-0.2, -0.15) is 10.2 Å². The SMILES string of the molecule is CCn1cc(Cl)c(CN(C)C(=S)Nc2c(C)nn(Cc3c(F)cccc3Cl)c2C)n1. The number of thiocarbonyl (C=S) groups is 1. The van der Waals surface area contributed by atoms with Crippen LogP contribution in [-0.4, -0.2) is 36.6 Å². The first-order chi connectivity index (χ1) is 14.2. The zero-order chi connectivity index (χ0) is 22.0. The quantitative estimate of drug-likeness (QED) is 0.513. The average Bonchev–Trinajstić information content (AvgIpc) is 3.18. The molecular weight excluding hydrogens is 446 g/mol. The number of rotatable bonds is 6. The molecule has 0 amide bonds. The van der Waals surface area contributed by atoms with E-state index in [-0.39, 0.29) is 12.4 Å². The van der Waals surface area contributed by atoms with E-state index in [1.165, 1.54) is 6.07 Å². The minimum absolute atomic E-state index is 0.229. The lowest BCUT2D eigenvalue weighted by Crippen LogP contribution is -2.31. The number of nitrogens with zero attached hydrogens (tertiary/aromatic N) is 5. The highest BCUT2D eigenvalue weighted by Crippen LogP contribution is 2.25. The summed E-state index contributed by atoms with van der Waals surface area (Å²) in [7, 11) is 1.87.